The van der Waals surface area contributed by atoms with Gasteiger partial charge in [-0.05, 0) is 56.2 Å². The van der Waals surface area contributed by atoms with Crippen LogP contribution >= 0.6 is 0 Å². The van der Waals surface area contributed by atoms with Crippen LogP contribution in [0.15, 0.2) is 24.3 Å². The van der Waals surface area contributed by atoms with Gasteiger partial charge in [0.15, 0.2) is 0 Å². The average Bonchev–Trinajstić information content (AvgIpc) is 2.96. The van der Waals surface area contributed by atoms with E-state index in [2.05, 4.69) is 4.90 Å². The number of benzene rings is 1. The summed E-state index contributed by atoms with van der Waals surface area (Å²) in [7, 11) is 0. The van der Waals surface area contributed by atoms with Crippen LogP contribution in [0.25, 0.3) is 0 Å². The van der Waals surface area contributed by atoms with Gasteiger partial charge in [-0.1, -0.05) is 12.1 Å². The van der Waals surface area contributed by atoms with Gasteiger partial charge in [-0.2, -0.15) is 13.2 Å². The van der Waals surface area contributed by atoms with Gasteiger partial charge in [-0.3, -0.25) is 9.69 Å². The fraction of sp³-hybridized carbons (Fsp3) is 0.652. The van der Waals surface area contributed by atoms with Gasteiger partial charge < -0.3 is 14.5 Å². The van der Waals surface area contributed by atoms with E-state index in [0.717, 1.165) is 57.8 Å². The number of imide groups is 1. The van der Waals surface area contributed by atoms with Crippen LogP contribution in [0.4, 0.5) is 18.0 Å². The van der Waals surface area contributed by atoms with E-state index < -0.39 is 17.3 Å². The fourth-order valence-electron chi connectivity index (χ4n) is 5.22. The van der Waals surface area contributed by atoms with E-state index in [-0.39, 0.29) is 18.5 Å². The van der Waals surface area contributed by atoms with Crippen molar-refractivity contribution in [2.24, 2.45) is 5.92 Å². The molecule has 0 aliphatic carbocycles. The highest BCUT2D eigenvalue weighted by Gasteiger charge is 2.57. The van der Waals surface area contributed by atoms with Crippen molar-refractivity contribution in [1.29, 1.82) is 0 Å². The summed E-state index contributed by atoms with van der Waals surface area (Å²) < 4.78 is 43.9. The molecular weight excluding hydrogens is 423 g/mol. The lowest BCUT2D eigenvalue weighted by atomic mass is 9.85. The predicted molar refractivity (Wildman–Crippen MR) is 112 cm³/mol. The molecule has 176 valence electrons. The second-order valence-corrected chi connectivity index (χ2v) is 9.00. The molecule has 4 rings (SSSR count). The Morgan fingerprint density at radius 1 is 1.06 bits per heavy atom. The highest BCUT2D eigenvalue weighted by Crippen LogP contribution is 2.38. The smallest absolute Gasteiger partial charge is 0.381 e. The van der Waals surface area contributed by atoms with E-state index in [0.29, 0.717) is 30.9 Å². The maximum absolute atomic E-state index is 13.4. The molecule has 1 aromatic rings. The summed E-state index contributed by atoms with van der Waals surface area (Å²) in [6.07, 6.45) is -1.14. The van der Waals surface area contributed by atoms with E-state index in [1.54, 1.807) is 4.90 Å². The molecule has 3 aliphatic rings. The molecule has 3 heterocycles. The topological polar surface area (TPSA) is 53.1 Å². The van der Waals surface area contributed by atoms with Gasteiger partial charge >= 0.3 is 12.2 Å². The van der Waals surface area contributed by atoms with Gasteiger partial charge in [0.2, 0.25) is 0 Å². The molecule has 1 aromatic carbocycles. The summed E-state index contributed by atoms with van der Waals surface area (Å²) in [5.74, 6) is 0.382. The maximum Gasteiger partial charge on any atom is 0.416 e. The number of urea groups is 1. The second-order valence-electron chi connectivity index (χ2n) is 9.00. The summed E-state index contributed by atoms with van der Waals surface area (Å²) in [4.78, 5) is 31.8. The molecule has 3 amide bonds. The number of piperidine rings is 1. The van der Waals surface area contributed by atoms with E-state index in [1.165, 1.54) is 17.0 Å². The molecule has 0 saturated carbocycles. The molecule has 3 aliphatic heterocycles. The Hall–Kier alpha value is -2.13. The molecular formula is C23H30F3N3O3. The number of nitrogens with zero attached hydrogens (tertiary/aromatic N) is 3. The Bertz CT molecular complexity index is 829. The van der Waals surface area contributed by atoms with Crippen molar-refractivity contribution in [2.75, 3.05) is 39.4 Å². The minimum atomic E-state index is -4.42. The number of likely N-dealkylation sites (N-methyl/N-ethyl adjacent to an activating group) is 1. The number of carbonyl (C=O) groups is 2. The first-order valence-corrected chi connectivity index (χ1v) is 11.3. The standard InChI is InChI=1S/C23H30F3N3O3/c1-2-29-21(31)28(16-17-3-5-19(6-4-17)23(24,25)26)20(30)22(29)9-11-27(12-10-22)15-18-7-13-32-14-8-18/h3-6,18H,2,7-16H2,1H3. The molecule has 0 atom stereocenters. The Kier molecular flexibility index (Phi) is 6.49. The first-order valence-electron chi connectivity index (χ1n) is 11.3. The van der Waals surface area contributed by atoms with Crippen molar-refractivity contribution >= 4 is 11.9 Å². The summed E-state index contributed by atoms with van der Waals surface area (Å²) in [5.41, 5.74) is -1.09. The average molecular weight is 454 g/mol. The Labute approximate surface area is 186 Å². The van der Waals surface area contributed by atoms with Crippen molar-refractivity contribution < 1.29 is 27.5 Å². The third-order valence-corrected chi connectivity index (χ3v) is 7.10. The SMILES string of the molecule is CCN1C(=O)N(Cc2ccc(C(F)(F)F)cc2)C(=O)C12CCN(CC1CCOCC1)CC2. The number of halogens is 3. The van der Waals surface area contributed by atoms with Crippen LogP contribution in [0.1, 0.15) is 43.7 Å². The molecule has 9 heteroatoms. The molecule has 0 bridgehead atoms. The third-order valence-electron chi connectivity index (χ3n) is 7.10. The van der Waals surface area contributed by atoms with E-state index in [9.17, 15) is 22.8 Å². The lowest BCUT2D eigenvalue weighted by Crippen LogP contribution is -2.57. The molecule has 0 unspecified atom stereocenters. The molecule has 3 saturated heterocycles. The number of rotatable bonds is 5. The van der Waals surface area contributed by atoms with Crippen molar-refractivity contribution in [1.82, 2.24) is 14.7 Å². The largest absolute Gasteiger partial charge is 0.416 e. The van der Waals surface area contributed by atoms with E-state index >= 15 is 0 Å². The molecule has 0 radical (unpaired) electrons. The summed E-state index contributed by atoms with van der Waals surface area (Å²) in [6, 6.07) is 4.29. The molecule has 0 aromatic heterocycles. The highest BCUT2D eigenvalue weighted by molar-refractivity contribution is 6.07. The zero-order chi connectivity index (χ0) is 22.9. The minimum absolute atomic E-state index is 0.0140. The number of hydrogen-bond acceptors (Lipinski definition) is 4. The quantitative estimate of drug-likeness (QED) is 0.638. The Morgan fingerprint density at radius 3 is 2.25 bits per heavy atom. The number of likely N-dealkylation sites (tertiary alicyclic amines) is 1. The summed E-state index contributed by atoms with van der Waals surface area (Å²) in [5, 5.41) is 0. The third kappa shape index (κ3) is 4.37. The Balaban J connectivity index is 1.43. The van der Waals surface area contributed by atoms with Gasteiger partial charge in [0.25, 0.3) is 5.91 Å². The van der Waals surface area contributed by atoms with Crippen molar-refractivity contribution in [2.45, 2.75) is 50.9 Å². The van der Waals surface area contributed by atoms with Gasteiger partial charge in [-0.25, -0.2) is 4.79 Å². The second kappa shape index (κ2) is 9.02. The van der Waals surface area contributed by atoms with Gasteiger partial charge in [0.05, 0.1) is 12.1 Å². The lowest BCUT2D eigenvalue weighted by Gasteiger charge is -2.43. The predicted octanol–water partition coefficient (Wildman–Crippen LogP) is 3.75. The minimum Gasteiger partial charge on any atom is -0.381 e. The summed E-state index contributed by atoms with van der Waals surface area (Å²) in [6.45, 7) is 6.37. The number of ether oxygens (including phenoxy) is 1. The van der Waals surface area contributed by atoms with Crippen molar-refractivity contribution in [3.8, 4) is 0 Å². The van der Waals surface area contributed by atoms with Gasteiger partial charge in [0.1, 0.15) is 5.54 Å². The van der Waals surface area contributed by atoms with Crippen molar-refractivity contribution in [3.63, 3.8) is 0 Å². The highest BCUT2D eigenvalue weighted by atomic mass is 19.4. The van der Waals surface area contributed by atoms with E-state index in [4.69, 9.17) is 4.74 Å². The van der Waals surface area contributed by atoms with Gasteiger partial charge in [0, 0.05) is 39.4 Å². The molecule has 6 nitrogen and oxygen atoms in total. The molecule has 0 N–H and O–H groups in total. The van der Waals surface area contributed by atoms with Gasteiger partial charge in [-0.15, -0.1) is 0 Å². The zero-order valence-corrected chi connectivity index (χ0v) is 18.4. The van der Waals surface area contributed by atoms with Crippen LogP contribution in [0.2, 0.25) is 0 Å². The van der Waals surface area contributed by atoms with Crippen molar-refractivity contribution in [3.05, 3.63) is 35.4 Å². The molecule has 1 spiro atoms. The summed E-state index contributed by atoms with van der Waals surface area (Å²) >= 11 is 0. The van der Waals surface area contributed by atoms with E-state index in [1.807, 2.05) is 6.92 Å². The number of hydrogen-bond donors (Lipinski definition) is 0. The molecule has 3 fully saturated rings. The maximum atomic E-state index is 13.4. The zero-order valence-electron chi connectivity index (χ0n) is 18.4. The first-order chi connectivity index (χ1) is 15.2. The normalized spacial score (nSPS) is 22.9. The Morgan fingerprint density at radius 2 is 1.69 bits per heavy atom. The fourth-order valence-corrected chi connectivity index (χ4v) is 5.22. The van der Waals surface area contributed by atoms with Crippen LogP contribution in [0.5, 0.6) is 0 Å². The van der Waals surface area contributed by atoms with Crippen LogP contribution in [0.3, 0.4) is 0 Å². The monoisotopic (exact) mass is 453 g/mol. The van der Waals surface area contributed by atoms with Crippen LogP contribution in [-0.2, 0) is 22.3 Å². The number of carbonyl (C=O) groups excluding carboxylic acids is 2. The molecule has 32 heavy (non-hydrogen) atoms. The van der Waals surface area contributed by atoms with Crippen LogP contribution < -0.4 is 0 Å². The number of alkyl halides is 3. The number of amides is 3. The first kappa shape index (κ1) is 23.0. The lowest BCUT2D eigenvalue weighted by molar-refractivity contribution is -0.138. The van der Waals surface area contributed by atoms with Crippen LogP contribution in [0, 0.1) is 5.92 Å². The van der Waals surface area contributed by atoms with Crippen LogP contribution in [-0.4, -0.2) is 71.6 Å².